The van der Waals surface area contributed by atoms with Gasteiger partial charge in [0.2, 0.25) is 0 Å². The van der Waals surface area contributed by atoms with Crippen LogP contribution in [0.5, 0.6) is 11.5 Å². The highest BCUT2D eigenvalue weighted by atomic mass is 35.5. The number of aliphatic hydroxyl groups excluding tert-OH is 1. The van der Waals surface area contributed by atoms with Crippen LogP contribution in [0.1, 0.15) is 10.4 Å². The van der Waals surface area contributed by atoms with Crippen LogP contribution in [0.4, 0.5) is 5.69 Å². The van der Waals surface area contributed by atoms with E-state index >= 15 is 0 Å². The molecule has 27 heavy (non-hydrogen) atoms. The van der Waals surface area contributed by atoms with Crippen molar-refractivity contribution in [3.05, 3.63) is 77.3 Å². The second kappa shape index (κ2) is 8.58. The lowest BCUT2D eigenvalue weighted by Gasteiger charge is -2.11. The summed E-state index contributed by atoms with van der Waals surface area (Å²) >= 11 is 6.12. The number of ether oxygens (including phenoxy) is 1. The van der Waals surface area contributed by atoms with Crippen molar-refractivity contribution < 1.29 is 19.7 Å². The predicted molar refractivity (Wildman–Crippen MR) is 106 cm³/mol. The average molecular weight is 384 g/mol. The third-order valence-electron chi connectivity index (χ3n) is 3.89. The van der Waals surface area contributed by atoms with Crippen LogP contribution in [0.2, 0.25) is 5.02 Å². The van der Waals surface area contributed by atoms with Gasteiger partial charge in [-0.3, -0.25) is 4.79 Å². The molecule has 3 N–H and O–H groups in total. The zero-order valence-electron chi connectivity index (χ0n) is 14.4. The van der Waals surface area contributed by atoms with Crippen molar-refractivity contribution in [1.82, 2.24) is 0 Å². The Balaban J connectivity index is 1.83. The third-order valence-corrected chi connectivity index (χ3v) is 4.18. The van der Waals surface area contributed by atoms with Crippen molar-refractivity contribution >= 4 is 23.2 Å². The minimum atomic E-state index is -0.476. The molecule has 0 saturated carbocycles. The van der Waals surface area contributed by atoms with E-state index in [2.05, 4.69) is 5.32 Å². The topological polar surface area (TPSA) is 78.8 Å². The Labute approximate surface area is 161 Å². The minimum Gasteiger partial charge on any atom is -0.506 e. The molecule has 0 fully saturated rings. The van der Waals surface area contributed by atoms with E-state index < -0.39 is 5.91 Å². The number of phenolic OH excluding ortho intramolecular Hbond substituents is 1. The van der Waals surface area contributed by atoms with Crippen LogP contribution in [-0.2, 0) is 0 Å². The molecule has 3 rings (SSSR count). The number of benzene rings is 3. The lowest BCUT2D eigenvalue weighted by atomic mass is 10.0. The third kappa shape index (κ3) is 4.58. The molecular formula is C21H18ClNO4. The van der Waals surface area contributed by atoms with Gasteiger partial charge >= 0.3 is 0 Å². The van der Waals surface area contributed by atoms with Gasteiger partial charge in [0.25, 0.3) is 5.91 Å². The molecule has 0 aliphatic rings. The molecule has 0 atom stereocenters. The van der Waals surface area contributed by atoms with Crippen LogP contribution in [0, 0.1) is 0 Å². The second-order valence-corrected chi connectivity index (χ2v) is 6.18. The molecule has 1 amide bonds. The molecule has 3 aromatic carbocycles. The Morgan fingerprint density at radius 2 is 1.70 bits per heavy atom. The van der Waals surface area contributed by atoms with Gasteiger partial charge in [-0.15, -0.1) is 0 Å². The summed E-state index contributed by atoms with van der Waals surface area (Å²) in [4.78, 5) is 12.6. The number of nitrogens with one attached hydrogen (secondary N) is 1. The smallest absolute Gasteiger partial charge is 0.259 e. The quantitative estimate of drug-likeness (QED) is 0.591. The number of carbonyl (C=O) groups is 1. The molecule has 0 heterocycles. The number of aliphatic hydroxyl groups is 1. The highest BCUT2D eigenvalue weighted by Crippen LogP contribution is 2.34. The number of rotatable bonds is 6. The lowest BCUT2D eigenvalue weighted by molar-refractivity contribution is 0.102. The van der Waals surface area contributed by atoms with Gasteiger partial charge in [0.05, 0.1) is 17.2 Å². The fourth-order valence-electron chi connectivity index (χ4n) is 2.57. The summed E-state index contributed by atoms with van der Waals surface area (Å²) in [5, 5.41) is 21.8. The fourth-order valence-corrected chi connectivity index (χ4v) is 2.79. The fraction of sp³-hybridized carbons (Fsp3) is 0.0952. The second-order valence-electron chi connectivity index (χ2n) is 5.77. The van der Waals surface area contributed by atoms with E-state index in [9.17, 15) is 9.90 Å². The highest BCUT2D eigenvalue weighted by molar-refractivity contribution is 6.33. The monoisotopic (exact) mass is 383 g/mol. The molecule has 0 aliphatic carbocycles. The lowest BCUT2D eigenvalue weighted by Crippen LogP contribution is -2.12. The maximum Gasteiger partial charge on any atom is 0.259 e. The van der Waals surface area contributed by atoms with Gasteiger partial charge in [-0.2, -0.15) is 0 Å². The molecule has 3 aromatic rings. The van der Waals surface area contributed by atoms with E-state index in [1.807, 2.05) is 30.3 Å². The van der Waals surface area contributed by atoms with Crippen LogP contribution < -0.4 is 10.1 Å². The van der Waals surface area contributed by atoms with Crippen molar-refractivity contribution in [2.45, 2.75) is 0 Å². The van der Waals surface area contributed by atoms with Gasteiger partial charge in [0.1, 0.15) is 18.1 Å². The van der Waals surface area contributed by atoms with E-state index in [1.54, 1.807) is 36.4 Å². The highest BCUT2D eigenvalue weighted by Gasteiger charge is 2.16. The first-order valence-corrected chi connectivity index (χ1v) is 8.69. The van der Waals surface area contributed by atoms with E-state index in [1.165, 1.54) is 0 Å². The zero-order chi connectivity index (χ0) is 19.2. The van der Waals surface area contributed by atoms with E-state index in [0.29, 0.717) is 11.4 Å². The molecule has 0 spiro atoms. The maximum absolute atomic E-state index is 12.6. The van der Waals surface area contributed by atoms with Crippen LogP contribution in [0.25, 0.3) is 11.1 Å². The Morgan fingerprint density at radius 1 is 1.00 bits per heavy atom. The van der Waals surface area contributed by atoms with Crippen LogP contribution in [0.15, 0.2) is 66.7 Å². The maximum atomic E-state index is 12.6. The van der Waals surface area contributed by atoms with Gasteiger partial charge in [-0.05, 0) is 47.5 Å². The van der Waals surface area contributed by atoms with E-state index in [0.717, 1.165) is 11.1 Å². The molecule has 138 valence electrons. The van der Waals surface area contributed by atoms with Gasteiger partial charge in [0, 0.05) is 5.69 Å². The number of anilines is 1. The summed E-state index contributed by atoms with van der Waals surface area (Å²) in [6, 6.07) is 19.4. The SMILES string of the molecule is O=C(Nc1ccc(OCCO)cc1)c1cc(-c2ccccc2)cc(Cl)c1O. The summed E-state index contributed by atoms with van der Waals surface area (Å²) in [6.45, 7) is 0.126. The molecular weight excluding hydrogens is 366 g/mol. The molecule has 5 nitrogen and oxygen atoms in total. The summed E-state index contributed by atoms with van der Waals surface area (Å²) < 4.78 is 5.28. The van der Waals surface area contributed by atoms with Gasteiger partial charge in [-0.25, -0.2) is 0 Å². The number of amides is 1. The van der Waals surface area contributed by atoms with Crippen molar-refractivity contribution in [2.24, 2.45) is 0 Å². The van der Waals surface area contributed by atoms with Crippen molar-refractivity contribution in [2.75, 3.05) is 18.5 Å². The molecule has 0 radical (unpaired) electrons. The Bertz CT molecular complexity index is 927. The number of halogens is 1. The number of carbonyl (C=O) groups excluding carboxylic acids is 1. The zero-order valence-corrected chi connectivity index (χ0v) is 15.1. The summed E-state index contributed by atoms with van der Waals surface area (Å²) in [5.41, 5.74) is 2.24. The van der Waals surface area contributed by atoms with Crippen LogP contribution >= 0.6 is 11.6 Å². The van der Waals surface area contributed by atoms with Gasteiger partial charge in [-0.1, -0.05) is 41.9 Å². The minimum absolute atomic E-state index is 0.0731. The normalized spacial score (nSPS) is 10.4. The Morgan fingerprint density at radius 3 is 2.37 bits per heavy atom. The van der Waals surface area contributed by atoms with E-state index in [-0.39, 0.29) is 29.5 Å². The molecule has 0 aliphatic heterocycles. The average Bonchev–Trinajstić information content (AvgIpc) is 2.70. The first-order chi connectivity index (χ1) is 13.1. The van der Waals surface area contributed by atoms with Crippen molar-refractivity contribution in [3.63, 3.8) is 0 Å². The first-order valence-electron chi connectivity index (χ1n) is 8.31. The molecule has 6 heteroatoms. The number of hydrogen-bond acceptors (Lipinski definition) is 4. The Hall–Kier alpha value is -3.02. The molecule has 0 aromatic heterocycles. The molecule has 0 saturated heterocycles. The van der Waals surface area contributed by atoms with Crippen LogP contribution in [0.3, 0.4) is 0 Å². The van der Waals surface area contributed by atoms with Gasteiger partial charge < -0.3 is 20.3 Å². The predicted octanol–water partition coefficient (Wildman–Crippen LogP) is 4.34. The molecule has 0 bridgehead atoms. The van der Waals surface area contributed by atoms with Crippen molar-refractivity contribution in [3.8, 4) is 22.6 Å². The first kappa shape index (κ1) is 18.8. The molecule has 0 unspecified atom stereocenters. The van der Waals surface area contributed by atoms with Crippen LogP contribution in [-0.4, -0.2) is 29.3 Å². The van der Waals surface area contributed by atoms with Crippen molar-refractivity contribution in [1.29, 1.82) is 0 Å². The van der Waals surface area contributed by atoms with E-state index in [4.69, 9.17) is 21.4 Å². The summed E-state index contributed by atoms with van der Waals surface area (Å²) in [7, 11) is 0. The number of hydrogen-bond donors (Lipinski definition) is 3. The summed E-state index contributed by atoms with van der Waals surface area (Å²) in [6.07, 6.45) is 0. The number of aromatic hydroxyl groups is 1. The largest absolute Gasteiger partial charge is 0.506 e. The van der Waals surface area contributed by atoms with Gasteiger partial charge in [0.15, 0.2) is 0 Å². The Kier molecular flexibility index (Phi) is 5.96. The standard InChI is InChI=1S/C21H18ClNO4/c22-19-13-15(14-4-2-1-3-5-14)12-18(20(19)25)21(26)23-16-6-8-17(9-7-16)27-11-10-24/h1-9,12-13,24-25H,10-11H2,(H,23,26). The number of phenols is 1. The summed E-state index contributed by atoms with van der Waals surface area (Å²) in [5.74, 6) is -0.160.